The highest BCUT2D eigenvalue weighted by Crippen LogP contribution is 2.19. The molecule has 180 valence electrons. The highest BCUT2D eigenvalue weighted by Gasteiger charge is 2.31. The molecule has 1 aromatic carbocycles. The SMILES string of the molecule is CC[C@@H](C)[C@@H](NC(=O)CN)C(=O)N[C@H](Cc1c[nH]c2ccccc12)C(=O)N[C@@H](C=O)[C@H](C)O. The molecule has 0 unspecified atom stereocenters. The van der Waals surface area contributed by atoms with Gasteiger partial charge in [-0.25, -0.2) is 0 Å². The van der Waals surface area contributed by atoms with Crippen LogP contribution in [0.4, 0.5) is 0 Å². The van der Waals surface area contributed by atoms with Gasteiger partial charge in [0.1, 0.15) is 24.4 Å². The van der Waals surface area contributed by atoms with Crippen molar-refractivity contribution in [1.82, 2.24) is 20.9 Å². The Morgan fingerprint density at radius 1 is 1.12 bits per heavy atom. The van der Waals surface area contributed by atoms with Crippen molar-refractivity contribution in [1.29, 1.82) is 0 Å². The first-order valence-corrected chi connectivity index (χ1v) is 11.0. The number of carbonyl (C=O) groups excluding carboxylic acids is 4. The van der Waals surface area contributed by atoms with Crippen molar-refractivity contribution in [2.24, 2.45) is 11.7 Å². The predicted octanol–water partition coefficient (Wildman–Crippen LogP) is -0.251. The summed E-state index contributed by atoms with van der Waals surface area (Å²) < 4.78 is 0. The lowest BCUT2D eigenvalue weighted by Crippen LogP contribution is -2.58. The third-order valence-electron chi connectivity index (χ3n) is 5.70. The summed E-state index contributed by atoms with van der Waals surface area (Å²) in [5.41, 5.74) is 7.05. The second-order valence-electron chi connectivity index (χ2n) is 8.17. The van der Waals surface area contributed by atoms with Crippen molar-refractivity contribution in [3.63, 3.8) is 0 Å². The summed E-state index contributed by atoms with van der Waals surface area (Å²) in [5.74, 6) is -1.86. The van der Waals surface area contributed by atoms with Gasteiger partial charge in [0.05, 0.1) is 12.6 Å². The summed E-state index contributed by atoms with van der Waals surface area (Å²) in [6.07, 6.45) is 1.83. The van der Waals surface area contributed by atoms with E-state index in [1.807, 2.05) is 38.1 Å². The molecule has 0 aliphatic rings. The van der Waals surface area contributed by atoms with Gasteiger partial charge in [0, 0.05) is 23.5 Å². The van der Waals surface area contributed by atoms with E-state index in [4.69, 9.17) is 5.73 Å². The maximum atomic E-state index is 13.1. The Bertz CT molecular complexity index is 973. The number of hydrogen-bond donors (Lipinski definition) is 6. The fourth-order valence-electron chi connectivity index (χ4n) is 3.46. The number of aldehydes is 1. The van der Waals surface area contributed by atoms with Crippen LogP contribution in [0.25, 0.3) is 10.9 Å². The summed E-state index contributed by atoms with van der Waals surface area (Å²) in [6.45, 7) is 4.81. The first-order chi connectivity index (χ1) is 15.7. The Morgan fingerprint density at radius 3 is 2.42 bits per heavy atom. The smallest absolute Gasteiger partial charge is 0.243 e. The zero-order valence-corrected chi connectivity index (χ0v) is 19.1. The first kappa shape index (κ1) is 26.0. The van der Waals surface area contributed by atoms with Crippen molar-refractivity contribution in [3.05, 3.63) is 36.0 Å². The topological polar surface area (TPSA) is 166 Å². The van der Waals surface area contributed by atoms with Crippen LogP contribution in [0, 0.1) is 5.92 Å². The van der Waals surface area contributed by atoms with E-state index in [1.165, 1.54) is 6.92 Å². The molecule has 0 aliphatic carbocycles. The third-order valence-corrected chi connectivity index (χ3v) is 5.70. The Morgan fingerprint density at radius 2 is 1.82 bits per heavy atom. The molecular weight excluding hydrogens is 426 g/mol. The first-order valence-electron chi connectivity index (χ1n) is 11.0. The minimum Gasteiger partial charge on any atom is -0.391 e. The van der Waals surface area contributed by atoms with E-state index in [9.17, 15) is 24.3 Å². The number of carbonyl (C=O) groups is 4. The Labute approximate surface area is 192 Å². The molecule has 0 aliphatic heterocycles. The minimum atomic E-state index is -1.12. The quantitative estimate of drug-likeness (QED) is 0.239. The summed E-state index contributed by atoms with van der Waals surface area (Å²) in [6, 6.07) is 4.46. The molecule has 2 rings (SSSR count). The van der Waals surface area contributed by atoms with E-state index < -0.39 is 42.0 Å². The number of aromatic nitrogens is 1. The molecule has 10 heteroatoms. The number of benzene rings is 1. The molecule has 2 aromatic rings. The number of fused-ring (bicyclic) bond motifs is 1. The van der Waals surface area contributed by atoms with Gasteiger partial charge in [-0.05, 0) is 24.5 Å². The monoisotopic (exact) mass is 459 g/mol. The van der Waals surface area contributed by atoms with Gasteiger partial charge in [-0.2, -0.15) is 0 Å². The highest BCUT2D eigenvalue weighted by molar-refractivity contribution is 5.94. The third kappa shape index (κ3) is 6.87. The van der Waals surface area contributed by atoms with Crippen molar-refractivity contribution in [3.8, 4) is 0 Å². The summed E-state index contributed by atoms with van der Waals surface area (Å²) in [7, 11) is 0. The van der Waals surface area contributed by atoms with Crippen molar-refractivity contribution in [2.45, 2.75) is 57.8 Å². The number of aromatic amines is 1. The standard InChI is InChI=1S/C23H33N5O5/c1-4-13(2)21(28-20(31)10-24)23(33)26-18(22(32)27-19(12-29)14(3)30)9-15-11-25-17-8-6-5-7-16(15)17/h5-8,11-14,18-19,21,25,30H,4,9-10,24H2,1-3H3,(H,26,33)(H,27,32)(H,28,31)/t13-,14+,18-,19+,21-/m1/s1. The van der Waals surface area contributed by atoms with Crippen molar-refractivity contribution in [2.75, 3.05) is 6.54 Å². The average molecular weight is 460 g/mol. The number of nitrogens with two attached hydrogens (primary N) is 1. The number of amides is 3. The van der Waals surface area contributed by atoms with Crippen LogP contribution in [0.15, 0.2) is 30.5 Å². The van der Waals surface area contributed by atoms with Crippen molar-refractivity contribution >= 4 is 34.9 Å². The molecule has 5 atom stereocenters. The summed E-state index contributed by atoms with van der Waals surface area (Å²) in [5, 5.41) is 18.4. The second kappa shape index (κ2) is 12.1. The molecule has 0 bridgehead atoms. The fourth-order valence-corrected chi connectivity index (χ4v) is 3.46. The van der Waals surface area contributed by atoms with Gasteiger partial charge in [0.15, 0.2) is 0 Å². The number of aliphatic hydroxyl groups excluding tert-OH is 1. The lowest BCUT2D eigenvalue weighted by molar-refractivity contribution is -0.133. The van der Waals surface area contributed by atoms with E-state index in [0.717, 1.165) is 16.5 Å². The van der Waals surface area contributed by atoms with Crippen LogP contribution in [-0.2, 0) is 25.6 Å². The van der Waals surface area contributed by atoms with Crippen LogP contribution < -0.4 is 21.7 Å². The van der Waals surface area contributed by atoms with Crippen LogP contribution in [0.5, 0.6) is 0 Å². The number of para-hydroxylation sites is 1. The van der Waals surface area contributed by atoms with Crippen LogP contribution in [0.3, 0.4) is 0 Å². The minimum absolute atomic E-state index is 0.130. The van der Waals surface area contributed by atoms with Crippen LogP contribution >= 0.6 is 0 Å². The summed E-state index contributed by atoms with van der Waals surface area (Å²) in [4.78, 5) is 52.4. The fraction of sp³-hybridized carbons (Fsp3) is 0.478. The summed E-state index contributed by atoms with van der Waals surface area (Å²) >= 11 is 0. The Hall–Kier alpha value is -3.24. The molecule has 0 saturated heterocycles. The van der Waals surface area contributed by atoms with E-state index >= 15 is 0 Å². The predicted molar refractivity (Wildman–Crippen MR) is 124 cm³/mol. The van der Waals surface area contributed by atoms with E-state index in [2.05, 4.69) is 20.9 Å². The van der Waals surface area contributed by atoms with Crippen LogP contribution in [0.1, 0.15) is 32.8 Å². The molecular formula is C23H33N5O5. The van der Waals surface area contributed by atoms with Crippen LogP contribution in [0.2, 0.25) is 0 Å². The normalized spacial score (nSPS) is 15.7. The molecule has 7 N–H and O–H groups in total. The molecule has 1 aromatic heterocycles. The van der Waals surface area contributed by atoms with Gasteiger partial charge in [0.25, 0.3) is 0 Å². The molecule has 10 nitrogen and oxygen atoms in total. The number of H-pyrrole nitrogens is 1. The molecule has 0 fully saturated rings. The van der Waals surface area contributed by atoms with Gasteiger partial charge < -0.3 is 36.6 Å². The maximum Gasteiger partial charge on any atom is 0.243 e. The number of nitrogens with one attached hydrogen (secondary N) is 4. The highest BCUT2D eigenvalue weighted by atomic mass is 16.3. The zero-order valence-electron chi connectivity index (χ0n) is 19.1. The van der Waals surface area contributed by atoms with Gasteiger partial charge in [-0.1, -0.05) is 38.5 Å². The second-order valence-corrected chi connectivity index (χ2v) is 8.17. The maximum absolute atomic E-state index is 13.1. The molecule has 33 heavy (non-hydrogen) atoms. The van der Waals surface area contributed by atoms with Gasteiger partial charge in [0.2, 0.25) is 17.7 Å². The van der Waals surface area contributed by atoms with Gasteiger partial charge in [-0.3, -0.25) is 14.4 Å². The largest absolute Gasteiger partial charge is 0.391 e. The lowest BCUT2D eigenvalue weighted by atomic mass is 9.97. The van der Waals surface area contributed by atoms with E-state index in [1.54, 1.807) is 6.20 Å². The average Bonchev–Trinajstić information content (AvgIpc) is 3.22. The zero-order chi connectivity index (χ0) is 24.5. The number of hydrogen-bond acceptors (Lipinski definition) is 6. The van der Waals surface area contributed by atoms with Crippen molar-refractivity contribution < 1.29 is 24.3 Å². The Kier molecular flexibility index (Phi) is 9.56. The molecule has 0 spiro atoms. The molecule has 0 saturated carbocycles. The number of aliphatic hydroxyl groups is 1. The molecule has 3 amide bonds. The Balaban J connectivity index is 2.32. The number of rotatable bonds is 12. The van der Waals surface area contributed by atoms with Gasteiger partial charge in [-0.15, -0.1) is 0 Å². The molecule has 0 radical (unpaired) electrons. The molecule has 1 heterocycles. The van der Waals surface area contributed by atoms with Crippen LogP contribution in [-0.4, -0.2) is 64.9 Å². The van der Waals surface area contributed by atoms with E-state index in [0.29, 0.717) is 12.7 Å². The van der Waals surface area contributed by atoms with E-state index in [-0.39, 0.29) is 18.9 Å². The lowest BCUT2D eigenvalue weighted by Gasteiger charge is -2.27. The van der Waals surface area contributed by atoms with Gasteiger partial charge >= 0.3 is 0 Å².